The van der Waals surface area contributed by atoms with Crippen molar-refractivity contribution >= 4 is 11.9 Å². The second kappa shape index (κ2) is 7.71. The maximum Gasteiger partial charge on any atom is 0.314 e. The predicted molar refractivity (Wildman–Crippen MR) is 130 cm³/mol. The molecule has 0 bridgehead atoms. The number of fused-ring (bicyclic) bond motifs is 5. The van der Waals surface area contributed by atoms with Crippen molar-refractivity contribution in [3.05, 3.63) is 42.0 Å². The number of para-hydroxylation sites is 1. The van der Waals surface area contributed by atoms with E-state index in [9.17, 15) is 9.59 Å². The van der Waals surface area contributed by atoms with Crippen LogP contribution in [0.2, 0.25) is 0 Å². The van der Waals surface area contributed by atoms with Gasteiger partial charge in [-0.15, -0.1) is 0 Å². The first-order chi connectivity index (χ1) is 15.5. The maximum absolute atomic E-state index is 13.6. The van der Waals surface area contributed by atoms with Crippen molar-refractivity contribution in [3.63, 3.8) is 0 Å². The minimum absolute atomic E-state index is 0.000246. The molecule has 178 valence electrons. The Bertz CT molecular complexity index is 991. The van der Waals surface area contributed by atoms with Crippen molar-refractivity contribution < 1.29 is 14.3 Å². The normalized spacial score (nSPS) is 39.8. The molecule has 0 saturated heterocycles. The van der Waals surface area contributed by atoms with Crippen LogP contribution in [0.1, 0.15) is 78.7 Å². The molecule has 4 nitrogen and oxygen atoms in total. The fraction of sp³-hybridized carbons (Fsp3) is 0.655. The molecule has 0 spiro atoms. The predicted octanol–water partition coefficient (Wildman–Crippen LogP) is 5.80. The molecule has 1 N–H and O–H groups in total. The number of benzene rings is 1. The molecule has 33 heavy (non-hydrogen) atoms. The summed E-state index contributed by atoms with van der Waals surface area (Å²) in [7, 11) is 0. The van der Waals surface area contributed by atoms with Crippen molar-refractivity contribution in [2.24, 2.45) is 34.5 Å². The molecular formula is C29H39NO3. The Morgan fingerprint density at radius 3 is 2.55 bits per heavy atom. The summed E-state index contributed by atoms with van der Waals surface area (Å²) < 4.78 is 6.13. The monoisotopic (exact) mass is 449 g/mol. The Morgan fingerprint density at radius 1 is 1.03 bits per heavy atom. The Morgan fingerprint density at radius 2 is 1.79 bits per heavy atom. The SMILES string of the molecule is CC(C)(C)c1ccccc1OC(=O)[C@H]1CC[C@H]2[C@@H]3CC[C@H]4NC(=O)C=C[C@]4(C)[C@H]3CC[C@]12C. The highest BCUT2D eigenvalue weighted by Gasteiger charge is 2.61. The summed E-state index contributed by atoms with van der Waals surface area (Å²) in [5.74, 6) is 2.42. The van der Waals surface area contributed by atoms with E-state index in [4.69, 9.17) is 4.74 Å². The summed E-state index contributed by atoms with van der Waals surface area (Å²) in [5, 5.41) is 3.23. The third-order valence-corrected chi connectivity index (χ3v) is 9.88. The molecule has 3 fully saturated rings. The Kier molecular flexibility index (Phi) is 5.30. The van der Waals surface area contributed by atoms with Crippen LogP contribution in [0, 0.1) is 34.5 Å². The molecule has 4 aliphatic rings. The average molecular weight is 450 g/mol. The van der Waals surface area contributed by atoms with E-state index in [-0.39, 0.29) is 40.1 Å². The van der Waals surface area contributed by atoms with Gasteiger partial charge in [-0.3, -0.25) is 9.59 Å². The lowest BCUT2D eigenvalue weighted by Crippen LogP contribution is -2.59. The second-order valence-corrected chi connectivity index (χ2v) is 12.6. The zero-order valence-electron chi connectivity index (χ0n) is 20.8. The number of hydrogen-bond acceptors (Lipinski definition) is 3. The smallest absolute Gasteiger partial charge is 0.314 e. The number of nitrogens with one attached hydrogen (secondary N) is 1. The summed E-state index contributed by atoms with van der Waals surface area (Å²) in [6.07, 6.45) is 10.3. The Labute approximate surface area is 198 Å². The van der Waals surface area contributed by atoms with Crippen molar-refractivity contribution in [2.45, 2.75) is 84.6 Å². The van der Waals surface area contributed by atoms with E-state index in [1.54, 1.807) is 6.08 Å². The molecule has 4 heteroatoms. The lowest BCUT2D eigenvalue weighted by atomic mass is 9.48. The number of esters is 1. The molecule has 5 rings (SSSR count). The minimum Gasteiger partial charge on any atom is -0.426 e. The van der Waals surface area contributed by atoms with E-state index in [0.717, 1.165) is 44.1 Å². The third-order valence-electron chi connectivity index (χ3n) is 9.88. The van der Waals surface area contributed by atoms with Gasteiger partial charge >= 0.3 is 5.97 Å². The summed E-state index contributed by atoms with van der Waals surface area (Å²) >= 11 is 0. The molecular weight excluding hydrogens is 410 g/mol. The van der Waals surface area contributed by atoms with Gasteiger partial charge < -0.3 is 10.1 Å². The molecule has 0 aromatic heterocycles. The Hall–Kier alpha value is -2.10. The van der Waals surface area contributed by atoms with Crippen molar-refractivity contribution in [2.75, 3.05) is 0 Å². The second-order valence-electron chi connectivity index (χ2n) is 12.6. The van der Waals surface area contributed by atoms with Crippen LogP contribution >= 0.6 is 0 Å². The van der Waals surface area contributed by atoms with Gasteiger partial charge in [0.25, 0.3) is 0 Å². The van der Waals surface area contributed by atoms with Crippen LogP contribution < -0.4 is 10.1 Å². The molecule has 7 atom stereocenters. The number of carbonyl (C=O) groups is 2. The zero-order chi connectivity index (χ0) is 23.6. The van der Waals surface area contributed by atoms with E-state index < -0.39 is 0 Å². The van der Waals surface area contributed by atoms with Crippen molar-refractivity contribution in [1.29, 1.82) is 0 Å². The number of carbonyl (C=O) groups excluding carboxylic acids is 2. The molecule has 3 saturated carbocycles. The molecule has 0 unspecified atom stereocenters. The van der Waals surface area contributed by atoms with Gasteiger partial charge in [0.1, 0.15) is 5.75 Å². The number of hydrogen-bond donors (Lipinski definition) is 1. The van der Waals surface area contributed by atoms with E-state index in [1.807, 2.05) is 18.2 Å². The Balaban J connectivity index is 1.37. The largest absolute Gasteiger partial charge is 0.426 e. The van der Waals surface area contributed by atoms with Gasteiger partial charge in [0.05, 0.1) is 5.92 Å². The summed E-state index contributed by atoms with van der Waals surface area (Å²) in [6, 6.07) is 8.23. The van der Waals surface area contributed by atoms with E-state index in [2.05, 4.69) is 52.1 Å². The molecule has 1 heterocycles. The van der Waals surface area contributed by atoms with Crippen molar-refractivity contribution in [1.82, 2.24) is 5.32 Å². The van der Waals surface area contributed by atoms with Crippen molar-refractivity contribution in [3.8, 4) is 5.75 Å². The quantitative estimate of drug-likeness (QED) is 0.458. The average Bonchev–Trinajstić information content (AvgIpc) is 3.11. The highest BCUT2D eigenvalue weighted by atomic mass is 16.5. The highest BCUT2D eigenvalue weighted by molar-refractivity contribution is 5.89. The molecule has 1 amide bonds. The molecule has 0 radical (unpaired) electrons. The molecule has 1 aromatic carbocycles. The zero-order valence-corrected chi connectivity index (χ0v) is 20.8. The molecule has 1 aliphatic heterocycles. The van der Waals surface area contributed by atoms with Crippen LogP contribution in [0.5, 0.6) is 5.75 Å². The van der Waals surface area contributed by atoms with Gasteiger partial charge in [-0.25, -0.2) is 0 Å². The molecule has 3 aliphatic carbocycles. The van der Waals surface area contributed by atoms with Gasteiger partial charge in [-0.05, 0) is 79.3 Å². The van der Waals surface area contributed by atoms with Crippen LogP contribution in [0.25, 0.3) is 0 Å². The first-order valence-corrected chi connectivity index (χ1v) is 12.8. The minimum atomic E-state index is -0.0753. The maximum atomic E-state index is 13.6. The van der Waals surface area contributed by atoms with E-state index in [0.29, 0.717) is 23.5 Å². The van der Waals surface area contributed by atoms with E-state index in [1.165, 1.54) is 0 Å². The van der Waals surface area contributed by atoms with Gasteiger partial charge in [0, 0.05) is 17.0 Å². The van der Waals surface area contributed by atoms with Gasteiger partial charge in [0.15, 0.2) is 0 Å². The number of amides is 1. The summed E-state index contributed by atoms with van der Waals surface area (Å²) in [5.41, 5.74) is 1.04. The summed E-state index contributed by atoms with van der Waals surface area (Å²) in [4.78, 5) is 25.5. The number of ether oxygens (including phenoxy) is 1. The van der Waals surface area contributed by atoms with Crippen LogP contribution in [0.4, 0.5) is 0 Å². The first-order valence-electron chi connectivity index (χ1n) is 12.8. The van der Waals surface area contributed by atoms with Crippen LogP contribution in [0.3, 0.4) is 0 Å². The number of rotatable bonds is 2. The molecule has 1 aromatic rings. The first kappa shape index (κ1) is 22.7. The highest BCUT2D eigenvalue weighted by Crippen LogP contribution is 2.65. The topological polar surface area (TPSA) is 55.4 Å². The fourth-order valence-electron chi connectivity index (χ4n) is 8.08. The lowest BCUT2D eigenvalue weighted by molar-refractivity contribution is -0.147. The van der Waals surface area contributed by atoms with Crippen LogP contribution in [-0.2, 0) is 15.0 Å². The van der Waals surface area contributed by atoms with E-state index >= 15 is 0 Å². The standard InChI is InChI=1S/C29H39NO3/c1-27(2,3)21-8-6-7-9-23(21)33-26(32)22-12-11-19-18-10-13-24-29(5,17-15-25(31)30-24)20(18)14-16-28(19,22)4/h6-9,15,17-20,22,24H,10-14,16H2,1-5H3,(H,30,31)/t18-,19-,20-,22+,24+,28-,29+/m0/s1. The fourth-order valence-corrected chi connectivity index (χ4v) is 8.08. The van der Waals surface area contributed by atoms with Gasteiger partial charge in [-0.1, -0.05) is 58.9 Å². The lowest BCUT2D eigenvalue weighted by Gasteiger charge is -2.58. The van der Waals surface area contributed by atoms with Gasteiger partial charge in [-0.2, -0.15) is 0 Å². The third kappa shape index (κ3) is 3.56. The summed E-state index contributed by atoms with van der Waals surface area (Å²) in [6.45, 7) is 11.2. The van der Waals surface area contributed by atoms with Crippen LogP contribution in [-0.4, -0.2) is 17.9 Å². The van der Waals surface area contributed by atoms with Crippen LogP contribution in [0.15, 0.2) is 36.4 Å². The van der Waals surface area contributed by atoms with Gasteiger partial charge in [0.2, 0.25) is 5.91 Å².